The smallest absolute Gasteiger partial charge is 0.462 e. The van der Waals surface area contributed by atoms with Gasteiger partial charge in [-0.1, -0.05) is 81.0 Å². The zero-order valence-corrected chi connectivity index (χ0v) is 23.2. The Balaban J connectivity index is 3.92. The van der Waals surface area contributed by atoms with Crippen LogP contribution in [0.25, 0.3) is 0 Å². The lowest BCUT2D eigenvalue weighted by Gasteiger charge is -2.18. The van der Waals surface area contributed by atoms with Gasteiger partial charge >= 0.3 is 19.8 Å². The molecule has 37 heavy (non-hydrogen) atoms. The highest BCUT2D eigenvalue weighted by atomic mass is 31.2. The SMILES string of the molecule is CC/C=C\C/C=C\C/C=C\C/C=C\C/C=C\CCCCCC(=O)OC(COC(=O)CC)COP(=O)(O)O. The van der Waals surface area contributed by atoms with E-state index in [0.29, 0.717) is 6.42 Å². The topological polar surface area (TPSA) is 119 Å². The number of unbranched alkanes of at least 4 members (excludes halogenated alkanes) is 3. The molecule has 0 aliphatic rings. The van der Waals surface area contributed by atoms with Gasteiger partial charge in [0.1, 0.15) is 6.61 Å². The first kappa shape index (κ1) is 34.8. The van der Waals surface area contributed by atoms with Gasteiger partial charge in [-0.05, 0) is 51.4 Å². The highest BCUT2D eigenvalue weighted by Gasteiger charge is 2.22. The predicted molar refractivity (Wildman–Crippen MR) is 147 cm³/mol. The summed E-state index contributed by atoms with van der Waals surface area (Å²) in [5, 5.41) is 0. The summed E-state index contributed by atoms with van der Waals surface area (Å²) >= 11 is 0. The summed E-state index contributed by atoms with van der Waals surface area (Å²) in [4.78, 5) is 41.0. The van der Waals surface area contributed by atoms with Crippen LogP contribution in [0.5, 0.6) is 0 Å². The fourth-order valence-corrected chi connectivity index (χ4v) is 3.27. The standard InChI is InChI=1S/C28H45O8P/c1-3-5-6-7-8-9-10-11-12-13-14-15-16-17-18-19-20-21-22-23-28(30)36-26(24-34-27(29)4-2)25-35-37(31,32)33/h5-6,8-9,11-12,14-15,17-18,26H,3-4,7,10,13,16,19-25H2,1-2H3,(H2,31,32,33)/b6-5-,9-8-,12-11-,15-14-,18-17-. The Bertz CT molecular complexity index is 792. The van der Waals surface area contributed by atoms with Gasteiger partial charge in [0, 0.05) is 12.8 Å². The van der Waals surface area contributed by atoms with Crippen LogP contribution in [0, 0.1) is 0 Å². The first-order valence-corrected chi connectivity index (χ1v) is 14.6. The van der Waals surface area contributed by atoms with Crippen LogP contribution in [0.2, 0.25) is 0 Å². The lowest BCUT2D eigenvalue weighted by molar-refractivity contribution is -0.161. The molecule has 210 valence electrons. The highest BCUT2D eigenvalue weighted by Crippen LogP contribution is 2.35. The number of hydrogen-bond donors (Lipinski definition) is 2. The minimum absolute atomic E-state index is 0.137. The molecule has 0 rings (SSSR count). The van der Waals surface area contributed by atoms with Crippen molar-refractivity contribution in [2.24, 2.45) is 0 Å². The number of phosphoric acid groups is 1. The molecule has 0 aliphatic carbocycles. The molecule has 0 spiro atoms. The summed E-state index contributed by atoms with van der Waals surface area (Å²) in [5.41, 5.74) is 0. The third kappa shape index (κ3) is 26.6. The van der Waals surface area contributed by atoms with Crippen molar-refractivity contribution in [1.82, 2.24) is 0 Å². The maximum absolute atomic E-state index is 12.0. The van der Waals surface area contributed by atoms with Gasteiger partial charge in [0.15, 0.2) is 6.10 Å². The maximum Gasteiger partial charge on any atom is 0.469 e. The van der Waals surface area contributed by atoms with E-state index in [1.165, 1.54) is 0 Å². The number of hydrogen-bond acceptors (Lipinski definition) is 6. The van der Waals surface area contributed by atoms with Gasteiger partial charge in [0.2, 0.25) is 0 Å². The molecule has 0 aromatic carbocycles. The summed E-state index contributed by atoms with van der Waals surface area (Å²) in [5.74, 6) is -1.03. The van der Waals surface area contributed by atoms with E-state index in [9.17, 15) is 14.2 Å². The molecule has 0 aromatic heterocycles. The Labute approximate surface area is 222 Å². The molecule has 0 radical (unpaired) electrons. The van der Waals surface area contributed by atoms with Crippen LogP contribution in [0.4, 0.5) is 0 Å². The average Bonchev–Trinajstić information content (AvgIpc) is 2.86. The molecule has 0 bridgehead atoms. The quantitative estimate of drug-likeness (QED) is 0.0677. The Kier molecular flexibility index (Phi) is 22.6. The second-order valence-corrected chi connectivity index (χ2v) is 9.48. The summed E-state index contributed by atoms with van der Waals surface area (Å²) in [6.45, 7) is 2.86. The van der Waals surface area contributed by atoms with Crippen molar-refractivity contribution in [3.05, 3.63) is 60.8 Å². The molecule has 0 aromatic rings. The van der Waals surface area contributed by atoms with Gasteiger partial charge in [-0.3, -0.25) is 14.1 Å². The van der Waals surface area contributed by atoms with Crippen LogP contribution >= 0.6 is 7.82 Å². The number of phosphoric ester groups is 1. The van der Waals surface area contributed by atoms with Crippen molar-refractivity contribution >= 4 is 19.8 Å². The van der Waals surface area contributed by atoms with E-state index in [4.69, 9.17) is 19.3 Å². The van der Waals surface area contributed by atoms with E-state index >= 15 is 0 Å². The second kappa shape index (κ2) is 24.1. The Morgan fingerprint density at radius 2 is 1.27 bits per heavy atom. The summed E-state index contributed by atoms with van der Waals surface area (Å²) < 4.78 is 25.3. The van der Waals surface area contributed by atoms with Crippen molar-refractivity contribution < 1.29 is 37.9 Å². The second-order valence-electron chi connectivity index (χ2n) is 8.24. The van der Waals surface area contributed by atoms with Crippen molar-refractivity contribution in [2.45, 2.75) is 90.6 Å². The van der Waals surface area contributed by atoms with Gasteiger partial charge in [-0.2, -0.15) is 0 Å². The Hall–Kier alpha value is -2.25. The molecular formula is C28H45O8P. The number of esters is 2. The Morgan fingerprint density at radius 1 is 0.730 bits per heavy atom. The van der Waals surface area contributed by atoms with E-state index in [2.05, 4.69) is 72.2 Å². The summed E-state index contributed by atoms with van der Waals surface area (Å²) in [7, 11) is -4.72. The van der Waals surface area contributed by atoms with E-state index in [0.717, 1.165) is 51.4 Å². The molecule has 0 saturated heterocycles. The molecule has 0 heterocycles. The zero-order valence-electron chi connectivity index (χ0n) is 22.3. The maximum atomic E-state index is 12.0. The van der Waals surface area contributed by atoms with Crippen LogP contribution < -0.4 is 0 Å². The molecule has 2 N–H and O–H groups in total. The van der Waals surface area contributed by atoms with Crippen LogP contribution in [0.15, 0.2) is 60.8 Å². The van der Waals surface area contributed by atoms with Crippen molar-refractivity contribution in [3.8, 4) is 0 Å². The highest BCUT2D eigenvalue weighted by molar-refractivity contribution is 7.46. The number of carbonyl (C=O) groups is 2. The van der Waals surface area contributed by atoms with E-state index in [-0.39, 0.29) is 19.4 Å². The lowest BCUT2D eigenvalue weighted by Crippen LogP contribution is -2.29. The predicted octanol–water partition coefficient (Wildman–Crippen LogP) is 6.66. The molecule has 0 aliphatic heterocycles. The average molecular weight is 541 g/mol. The lowest BCUT2D eigenvalue weighted by atomic mass is 10.1. The fraction of sp³-hybridized carbons (Fsp3) is 0.571. The van der Waals surface area contributed by atoms with Crippen LogP contribution in [-0.4, -0.2) is 41.0 Å². The third-order valence-corrected chi connectivity index (χ3v) is 5.34. The summed E-state index contributed by atoms with van der Waals surface area (Å²) in [6.07, 6.45) is 29.1. The van der Waals surface area contributed by atoms with Crippen molar-refractivity contribution in [3.63, 3.8) is 0 Å². The number of carbonyl (C=O) groups excluding carboxylic acids is 2. The molecule has 0 saturated carbocycles. The molecule has 0 amide bonds. The van der Waals surface area contributed by atoms with Gasteiger partial charge < -0.3 is 19.3 Å². The molecule has 9 heteroatoms. The summed E-state index contributed by atoms with van der Waals surface area (Å²) in [6, 6.07) is 0. The van der Waals surface area contributed by atoms with Crippen molar-refractivity contribution in [1.29, 1.82) is 0 Å². The van der Waals surface area contributed by atoms with Gasteiger partial charge in [-0.15, -0.1) is 0 Å². The van der Waals surface area contributed by atoms with Gasteiger partial charge in [0.25, 0.3) is 0 Å². The minimum Gasteiger partial charge on any atom is -0.462 e. The first-order valence-electron chi connectivity index (χ1n) is 13.1. The van der Waals surface area contributed by atoms with Crippen LogP contribution in [0.3, 0.4) is 0 Å². The van der Waals surface area contributed by atoms with Crippen LogP contribution in [0.1, 0.15) is 84.5 Å². The van der Waals surface area contributed by atoms with Crippen LogP contribution in [-0.2, 0) is 28.2 Å². The molecule has 1 atom stereocenters. The zero-order chi connectivity index (χ0) is 27.6. The largest absolute Gasteiger partial charge is 0.469 e. The molecule has 8 nitrogen and oxygen atoms in total. The number of rotatable bonds is 22. The van der Waals surface area contributed by atoms with E-state index < -0.39 is 32.5 Å². The molecule has 1 unspecified atom stereocenters. The number of ether oxygens (including phenoxy) is 2. The molecule has 0 fully saturated rings. The fourth-order valence-electron chi connectivity index (χ4n) is 2.91. The molecular weight excluding hydrogens is 495 g/mol. The Morgan fingerprint density at radius 3 is 1.78 bits per heavy atom. The van der Waals surface area contributed by atoms with E-state index in [1.54, 1.807) is 6.92 Å². The van der Waals surface area contributed by atoms with Crippen molar-refractivity contribution in [2.75, 3.05) is 13.2 Å². The first-order chi connectivity index (χ1) is 17.8. The van der Waals surface area contributed by atoms with Gasteiger partial charge in [-0.25, -0.2) is 4.57 Å². The third-order valence-electron chi connectivity index (χ3n) is 4.85. The monoisotopic (exact) mass is 540 g/mol. The van der Waals surface area contributed by atoms with Gasteiger partial charge in [0.05, 0.1) is 6.61 Å². The normalized spacial score (nSPS) is 13.5. The number of allylic oxidation sites excluding steroid dienone is 10. The minimum atomic E-state index is -4.72. The van der Waals surface area contributed by atoms with E-state index in [1.807, 2.05) is 0 Å².